The Morgan fingerprint density at radius 3 is 2.11 bits per heavy atom. The van der Waals surface area contributed by atoms with E-state index >= 15 is 0 Å². The second kappa shape index (κ2) is 5.08. The number of aromatic hydroxyl groups is 1. The van der Waals surface area contributed by atoms with Crippen molar-refractivity contribution in [1.29, 1.82) is 0 Å². The smallest absolute Gasteiger partial charge is 0.123 e. The van der Waals surface area contributed by atoms with Gasteiger partial charge in [0.1, 0.15) is 5.75 Å². The molecule has 0 radical (unpaired) electrons. The van der Waals surface area contributed by atoms with Crippen molar-refractivity contribution < 1.29 is 5.11 Å². The fourth-order valence-corrected chi connectivity index (χ4v) is 2.18. The van der Waals surface area contributed by atoms with E-state index in [0.29, 0.717) is 5.75 Å². The lowest BCUT2D eigenvalue weighted by Crippen LogP contribution is -2.10. The van der Waals surface area contributed by atoms with Crippen molar-refractivity contribution in [2.45, 2.75) is 39.5 Å². The summed E-state index contributed by atoms with van der Waals surface area (Å²) in [7, 11) is 0. The Balaban J connectivity index is 2.42. The zero-order chi connectivity index (χ0) is 14.0. The van der Waals surface area contributed by atoms with Gasteiger partial charge in [-0.3, -0.25) is 0 Å². The Bertz CT molecular complexity index is 559. The maximum atomic E-state index is 10.0. The van der Waals surface area contributed by atoms with Crippen LogP contribution in [0.3, 0.4) is 0 Å². The fraction of sp³-hybridized carbons (Fsp3) is 0.333. The van der Waals surface area contributed by atoms with Gasteiger partial charge in [0.2, 0.25) is 0 Å². The van der Waals surface area contributed by atoms with E-state index in [4.69, 9.17) is 0 Å². The summed E-state index contributed by atoms with van der Waals surface area (Å²) in [6.07, 6.45) is 0.980. The quantitative estimate of drug-likeness (QED) is 0.806. The average Bonchev–Trinajstić information content (AvgIpc) is 2.38. The van der Waals surface area contributed by atoms with Crippen LogP contribution in [-0.4, -0.2) is 5.11 Å². The predicted molar refractivity (Wildman–Crippen MR) is 81.6 cm³/mol. The lowest BCUT2D eigenvalue weighted by Gasteiger charge is -2.19. The molecule has 1 heteroatoms. The SMILES string of the molecule is CCc1ccc(O)c(-c2ccc(C(C)(C)C)cc2)c1. The van der Waals surface area contributed by atoms with Crippen LogP contribution in [0.15, 0.2) is 42.5 Å². The van der Waals surface area contributed by atoms with Gasteiger partial charge in [-0.1, -0.05) is 58.0 Å². The zero-order valence-electron chi connectivity index (χ0n) is 12.2. The highest BCUT2D eigenvalue weighted by molar-refractivity contribution is 5.71. The van der Waals surface area contributed by atoms with Crippen molar-refractivity contribution in [3.63, 3.8) is 0 Å². The molecule has 0 amide bonds. The van der Waals surface area contributed by atoms with Crippen LogP contribution in [-0.2, 0) is 11.8 Å². The normalized spacial score (nSPS) is 11.6. The molecule has 1 nitrogen and oxygen atoms in total. The molecule has 0 aromatic heterocycles. The number of aryl methyl sites for hydroxylation is 1. The standard InChI is InChI=1S/C18H22O/c1-5-13-6-11-17(19)16(12-13)14-7-9-15(10-8-14)18(2,3)4/h6-12,19H,5H2,1-4H3. The van der Waals surface area contributed by atoms with Gasteiger partial charge in [-0.2, -0.15) is 0 Å². The molecule has 0 bridgehead atoms. The van der Waals surface area contributed by atoms with Gasteiger partial charge in [0.15, 0.2) is 0 Å². The molecule has 1 N–H and O–H groups in total. The molecule has 0 saturated heterocycles. The molecule has 0 aliphatic rings. The molecular formula is C18H22O. The molecule has 2 rings (SSSR count). The molecule has 0 unspecified atom stereocenters. The van der Waals surface area contributed by atoms with Crippen LogP contribution in [0, 0.1) is 0 Å². The molecule has 0 aliphatic carbocycles. The van der Waals surface area contributed by atoms with Crippen LogP contribution in [0.25, 0.3) is 11.1 Å². The Morgan fingerprint density at radius 2 is 1.58 bits per heavy atom. The topological polar surface area (TPSA) is 20.2 Å². The maximum Gasteiger partial charge on any atom is 0.123 e. The summed E-state index contributed by atoms with van der Waals surface area (Å²) in [6, 6.07) is 14.3. The highest BCUT2D eigenvalue weighted by Gasteiger charge is 2.13. The van der Waals surface area contributed by atoms with Gasteiger partial charge >= 0.3 is 0 Å². The number of phenols is 1. The van der Waals surface area contributed by atoms with Crippen LogP contribution >= 0.6 is 0 Å². The highest BCUT2D eigenvalue weighted by Crippen LogP contribution is 2.32. The summed E-state index contributed by atoms with van der Waals surface area (Å²) in [4.78, 5) is 0. The number of rotatable bonds is 2. The van der Waals surface area contributed by atoms with Gasteiger partial charge < -0.3 is 5.11 Å². The van der Waals surface area contributed by atoms with E-state index in [2.05, 4.69) is 58.0 Å². The number of hydrogen-bond acceptors (Lipinski definition) is 1. The third kappa shape index (κ3) is 2.98. The molecule has 100 valence electrons. The Morgan fingerprint density at radius 1 is 0.947 bits per heavy atom. The van der Waals surface area contributed by atoms with E-state index in [-0.39, 0.29) is 5.41 Å². The van der Waals surface area contributed by atoms with Crippen LogP contribution in [0.2, 0.25) is 0 Å². The fourth-order valence-electron chi connectivity index (χ4n) is 2.18. The van der Waals surface area contributed by atoms with Crippen molar-refractivity contribution in [2.75, 3.05) is 0 Å². The molecule has 0 heterocycles. The van der Waals surface area contributed by atoms with Crippen molar-refractivity contribution in [1.82, 2.24) is 0 Å². The maximum absolute atomic E-state index is 10.0. The third-order valence-electron chi connectivity index (χ3n) is 3.53. The molecule has 2 aromatic carbocycles. The van der Waals surface area contributed by atoms with E-state index in [1.54, 1.807) is 6.07 Å². The van der Waals surface area contributed by atoms with Crippen molar-refractivity contribution >= 4 is 0 Å². The summed E-state index contributed by atoms with van der Waals surface area (Å²) in [5.41, 5.74) is 4.70. The van der Waals surface area contributed by atoms with Crippen molar-refractivity contribution in [2.24, 2.45) is 0 Å². The predicted octanol–water partition coefficient (Wildman–Crippen LogP) is 4.92. The van der Waals surface area contributed by atoms with Crippen LogP contribution < -0.4 is 0 Å². The van der Waals surface area contributed by atoms with E-state index in [1.807, 2.05) is 6.07 Å². The third-order valence-corrected chi connectivity index (χ3v) is 3.53. The summed E-state index contributed by atoms with van der Waals surface area (Å²) in [5, 5.41) is 10.0. The number of hydrogen-bond donors (Lipinski definition) is 1. The largest absolute Gasteiger partial charge is 0.507 e. The first-order chi connectivity index (χ1) is 8.91. The van der Waals surface area contributed by atoms with E-state index in [0.717, 1.165) is 17.5 Å². The molecule has 0 fully saturated rings. The lowest BCUT2D eigenvalue weighted by atomic mass is 9.86. The molecule has 0 spiro atoms. The zero-order valence-corrected chi connectivity index (χ0v) is 12.2. The van der Waals surface area contributed by atoms with Gasteiger partial charge in [-0.15, -0.1) is 0 Å². The van der Waals surface area contributed by atoms with E-state index in [1.165, 1.54) is 11.1 Å². The van der Waals surface area contributed by atoms with E-state index in [9.17, 15) is 5.11 Å². The van der Waals surface area contributed by atoms with Crippen LogP contribution in [0.5, 0.6) is 5.75 Å². The molecule has 0 saturated carbocycles. The highest BCUT2D eigenvalue weighted by atomic mass is 16.3. The number of benzene rings is 2. The molecule has 0 aliphatic heterocycles. The monoisotopic (exact) mass is 254 g/mol. The van der Waals surface area contributed by atoms with Gasteiger partial charge in [0, 0.05) is 5.56 Å². The van der Waals surface area contributed by atoms with Gasteiger partial charge in [-0.25, -0.2) is 0 Å². The van der Waals surface area contributed by atoms with Gasteiger partial charge in [0.25, 0.3) is 0 Å². The Hall–Kier alpha value is -1.76. The molecular weight excluding hydrogens is 232 g/mol. The van der Waals surface area contributed by atoms with Gasteiger partial charge in [0.05, 0.1) is 0 Å². The first-order valence-corrected chi connectivity index (χ1v) is 6.84. The minimum Gasteiger partial charge on any atom is -0.507 e. The Labute approximate surface area is 115 Å². The first kappa shape index (κ1) is 13.7. The summed E-state index contributed by atoms with van der Waals surface area (Å²) in [5.74, 6) is 0.348. The average molecular weight is 254 g/mol. The summed E-state index contributed by atoms with van der Waals surface area (Å²) >= 11 is 0. The van der Waals surface area contributed by atoms with Crippen LogP contribution in [0.4, 0.5) is 0 Å². The van der Waals surface area contributed by atoms with Crippen molar-refractivity contribution in [3.8, 4) is 16.9 Å². The van der Waals surface area contributed by atoms with Crippen LogP contribution in [0.1, 0.15) is 38.8 Å². The molecule has 0 atom stereocenters. The van der Waals surface area contributed by atoms with Crippen molar-refractivity contribution in [3.05, 3.63) is 53.6 Å². The van der Waals surface area contributed by atoms with E-state index < -0.39 is 0 Å². The summed E-state index contributed by atoms with van der Waals surface area (Å²) < 4.78 is 0. The summed E-state index contributed by atoms with van der Waals surface area (Å²) in [6.45, 7) is 8.74. The minimum atomic E-state index is 0.159. The number of phenolic OH excluding ortho intramolecular Hbond substituents is 1. The molecule has 2 aromatic rings. The minimum absolute atomic E-state index is 0.159. The first-order valence-electron chi connectivity index (χ1n) is 6.84. The second-order valence-corrected chi connectivity index (χ2v) is 6.03. The molecule has 19 heavy (non-hydrogen) atoms. The lowest BCUT2D eigenvalue weighted by molar-refractivity contribution is 0.477. The van der Waals surface area contributed by atoms with Gasteiger partial charge in [-0.05, 0) is 40.7 Å². The Kier molecular flexibility index (Phi) is 3.66. The second-order valence-electron chi connectivity index (χ2n) is 6.03.